The van der Waals surface area contributed by atoms with E-state index in [-0.39, 0.29) is 0 Å². The average molecular weight is 279 g/mol. The Morgan fingerprint density at radius 2 is 2.10 bits per heavy atom. The van der Waals surface area contributed by atoms with E-state index in [1.807, 2.05) is 19.9 Å². The molecule has 0 radical (unpaired) electrons. The third-order valence-corrected chi connectivity index (χ3v) is 3.05. The summed E-state index contributed by atoms with van der Waals surface area (Å²) in [4.78, 5) is 23.3. The highest BCUT2D eigenvalue weighted by Gasteiger charge is 2.21. The lowest BCUT2D eigenvalue weighted by Crippen LogP contribution is -2.40. The van der Waals surface area contributed by atoms with Gasteiger partial charge in [-0.15, -0.1) is 0 Å². The van der Waals surface area contributed by atoms with Crippen molar-refractivity contribution in [2.75, 3.05) is 7.11 Å². The van der Waals surface area contributed by atoms with Crippen molar-refractivity contribution in [3.8, 4) is 5.75 Å². The smallest absolute Gasteiger partial charge is 0.326 e. The molecule has 0 heterocycles. The van der Waals surface area contributed by atoms with Crippen LogP contribution in [0.3, 0.4) is 0 Å². The van der Waals surface area contributed by atoms with Gasteiger partial charge in [-0.25, -0.2) is 4.79 Å². The lowest BCUT2D eigenvalue weighted by atomic mass is 10.1. The average Bonchev–Trinajstić information content (AvgIpc) is 2.42. The van der Waals surface area contributed by atoms with Crippen molar-refractivity contribution < 1.29 is 19.4 Å². The summed E-state index contributed by atoms with van der Waals surface area (Å²) in [6.45, 7) is 3.84. The summed E-state index contributed by atoms with van der Waals surface area (Å²) in [6.07, 6.45) is 2.06. The number of carboxylic acids is 1. The van der Waals surface area contributed by atoms with Crippen molar-refractivity contribution in [1.29, 1.82) is 0 Å². The van der Waals surface area contributed by atoms with Crippen LogP contribution in [0.4, 0.5) is 0 Å². The van der Waals surface area contributed by atoms with Crippen LogP contribution in [0.2, 0.25) is 0 Å². The molecule has 1 aromatic carbocycles. The number of rotatable bonds is 7. The molecule has 0 aliphatic rings. The molecule has 2 N–H and O–H groups in total. The molecule has 0 aromatic heterocycles. The zero-order chi connectivity index (χ0) is 15.1. The van der Waals surface area contributed by atoms with E-state index in [4.69, 9.17) is 9.84 Å². The van der Waals surface area contributed by atoms with Crippen LogP contribution in [0.15, 0.2) is 18.2 Å². The fraction of sp³-hybridized carbons (Fsp3) is 0.467. The molecule has 0 aliphatic carbocycles. The molecule has 5 nitrogen and oxygen atoms in total. The molecule has 0 fully saturated rings. The molecule has 0 saturated heterocycles. The van der Waals surface area contributed by atoms with Gasteiger partial charge in [-0.1, -0.05) is 31.4 Å². The highest BCUT2D eigenvalue weighted by Crippen LogP contribution is 2.19. The van der Waals surface area contributed by atoms with Crippen LogP contribution in [0.5, 0.6) is 5.75 Å². The Kier molecular flexibility index (Phi) is 6.03. The van der Waals surface area contributed by atoms with E-state index in [1.54, 1.807) is 12.1 Å². The quantitative estimate of drug-likeness (QED) is 0.803. The van der Waals surface area contributed by atoms with E-state index < -0.39 is 17.9 Å². The molecule has 1 rings (SSSR count). The summed E-state index contributed by atoms with van der Waals surface area (Å²) in [5.74, 6) is -1.000. The third-order valence-electron chi connectivity index (χ3n) is 3.05. The van der Waals surface area contributed by atoms with Gasteiger partial charge in [0, 0.05) is 0 Å². The largest absolute Gasteiger partial charge is 0.496 e. The van der Waals surface area contributed by atoms with Crippen LogP contribution >= 0.6 is 0 Å². The predicted octanol–water partition coefficient (Wildman–Crippen LogP) is 2.38. The summed E-state index contributed by atoms with van der Waals surface area (Å²) in [5.41, 5.74) is 1.27. The first kappa shape index (κ1) is 16.0. The van der Waals surface area contributed by atoms with Crippen molar-refractivity contribution >= 4 is 11.9 Å². The van der Waals surface area contributed by atoms with Crippen LogP contribution < -0.4 is 10.1 Å². The minimum absolute atomic E-state index is 0.357. The van der Waals surface area contributed by atoms with Gasteiger partial charge in [-0.05, 0) is 25.5 Å². The lowest BCUT2D eigenvalue weighted by molar-refractivity contribution is -0.139. The van der Waals surface area contributed by atoms with Crippen molar-refractivity contribution in [2.24, 2.45) is 0 Å². The number of aliphatic carboxylic acids is 1. The number of nitrogens with one attached hydrogen (secondary N) is 1. The van der Waals surface area contributed by atoms with Gasteiger partial charge in [-0.3, -0.25) is 4.79 Å². The number of unbranched alkanes of at least 4 members (excludes halogenated alkanes) is 1. The standard InChI is InChI=1S/C15H21NO4/c1-4-5-6-12(15(18)19)16-14(17)11-9-10(2)7-8-13(11)20-3/h7-9,12H,4-6H2,1-3H3,(H,16,17)(H,18,19). The third kappa shape index (κ3) is 4.26. The number of hydrogen-bond donors (Lipinski definition) is 2. The molecule has 1 amide bonds. The molecule has 1 atom stereocenters. The number of benzene rings is 1. The Morgan fingerprint density at radius 1 is 1.40 bits per heavy atom. The van der Waals surface area contributed by atoms with Gasteiger partial charge in [0.25, 0.3) is 5.91 Å². The number of aryl methyl sites for hydroxylation is 1. The molecule has 110 valence electrons. The van der Waals surface area contributed by atoms with Gasteiger partial charge >= 0.3 is 5.97 Å². The number of methoxy groups -OCH3 is 1. The van der Waals surface area contributed by atoms with Gasteiger partial charge in [0.05, 0.1) is 12.7 Å². The van der Waals surface area contributed by atoms with E-state index in [1.165, 1.54) is 7.11 Å². The molecule has 0 saturated carbocycles. The van der Waals surface area contributed by atoms with Crippen LogP contribution in [-0.2, 0) is 4.79 Å². The van der Waals surface area contributed by atoms with E-state index in [9.17, 15) is 9.59 Å². The topological polar surface area (TPSA) is 75.6 Å². The molecular weight excluding hydrogens is 258 g/mol. The molecule has 1 aromatic rings. The van der Waals surface area contributed by atoms with Gasteiger partial charge in [0.1, 0.15) is 11.8 Å². The molecule has 5 heteroatoms. The van der Waals surface area contributed by atoms with Crippen LogP contribution in [0, 0.1) is 6.92 Å². The zero-order valence-corrected chi connectivity index (χ0v) is 12.1. The summed E-state index contributed by atoms with van der Waals surface area (Å²) >= 11 is 0. The summed E-state index contributed by atoms with van der Waals surface area (Å²) in [5, 5.41) is 11.7. The first-order valence-electron chi connectivity index (χ1n) is 6.67. The summed E-state index contributed by atoms with van der Waals surface area (Å²) in [7, 11) is 1.48. The molecule has 0 bridgehead atoms. The lowest BCUT2D eigenvalue weighted by Gasteiger charge is -2.15. The van der Waals surface area contributed by atoms with Crippen molar-refractivity contribution in [3.05, 3.63) is 29.3 Å². The zero-order valence-electron chi connectivity index (χ0n) is 12.1. The Balaban J connectivity index is 2.88. The first-order valence-corrected chi connectivity index (χ1v) is 6.67. The number of carbonyl (C=O) groups is 2. The number of carboxylic acid groups (broad SMARTS) is 1. The second-order valence-electron chi connectivity index (χ2n) is 4.71. The number of hydrogen-bond acceptors (Lipinski definition) is 3. The Hall–Kier alpha value is -2.04. The summed E-state index contributed by atoms with van der Waals surface area (Å²) in [6, 6.07) is 4.35. The highest BCUT2D eigenvalue weighted by molar-refractivity contribution is 5.99. The highest BCUT2D eigenvalue weighted by atomic mass is 16.5. The Bertz CT molecular complexity index is 485. The van der Waals surface area contributed by atoms with Gasteiger partial charge in [0.15, 0.2) is 0 Å². The Morgan fingerprint density at radius 3 is 2.65 bits per heavy atom. The van der Waals surface area contributed by atoms with Gasteiger partial charge < -0.3 is 15.2 Å². The van der Waals surface area contributed by atoms with Gasteiger partial charge in [-0.2, -0.15) is 0 Å². The van der Waals surface area contributed by atoms with Crippen LogP contribution in [0.1, 0.15) is 42.1 Å². The number of amides is 1. The fourth-order valence-electron chi connectivity index (χ4n) is 1.90. The number of ether oxygens (including phenoxy) is 1. The van der Waals surface area contributed by atoms with Gasteiger partial charge in [0.2, 0.25) is 0 Å². The second-order valence-corrected chi connectivity index (χ2v) is 4.71. The van der Waals surface area contributed by atoms with E-state index in [2.05, 4.69) is 5.32 Å². The first-order chi connectivity index (χ1) is 9.49. The van der Waals surface area contributed by atoms with Crippen LogP contribution in [-0.4, -0.2) is 30.1 Å². The molecular formula is C15H21NO4. The minimum atomic E-state index is -1.02. The maximum absolute atomic E-state index is 12.2. The van der Waals surface area contributed by atoms with E-state index >= 15 is 0 Å². The van der Waals surface area contributed by atoms with Crippen molar-refractivity contribution in [2.45, 2.75) is 39.2 Å². The molecule has 0 spiro atoms. The monoisotopic (exact) mass is 279 g/mol. The fourth-order valence-corrected chi connectivity index (χ4v) is 1.90. The molecule has 1 unspecified atom stereocenters. The molecule has 20 heavy (non-hydrogen) atoms. The van der Waals surface area contributed by atoms with Crippen LogP contribution in [0.25, 0.3) is 0 Å². The Labute approximate surface area is 118 Å². The molecule has 0 aliphatic heterocycles. The predicted molar refractivity (Wildman–Crippen MR) is 76.1 cm³/mol. The maximum atomic E-state index is 12.2. The maximum Gasteiger partial charge on any atom is 0.326 e. The SMILES string of the molecule is CCCCC(NC(=O)c1cc(C)ccc1OC)C(=O)O. The minimum Gasteiger partial charge on any atom is -0.496 e. The normalized spacial score (nSPS) is 11.8. The number of carbonyl (C=O) groups excluding carboxylic acids is 1. The summed E-state index contributed by atoms with van der Waals surface area (Å²) < 4.78 is 5.14. The van der Waals surface area contributed by atoms with E-state index in [0.29, 0.717) is 17.7 Å². The second kappa shape index (κ2) is 7.53. The van der Waals surface area contributed by atoms with Crippen molar-refractivity contribution in [1.82, 2.24) is 5.32 Å². The van der Waals surface area contributed by atoms with E-state index in [0.717, 1.165) is 18.4 Å². The van der Waals surface area contributed by atoms with Crippen molar-refractivity contribution in [3.63, 3.8) is 0 Å².